The van der Waals surface area contributed by atoms with E-state index in [-0.39, 0.29) is 16.0 Å². The van der Waals surface area contributed by atoms with Crippen molar-refractivity contribution >= 4 is 38.9 Å². The molecular formula is C17H16N2O4S2. The molecule has 1 aliphatic heterocycles. The maximum atomic E-state index is 12.5. The van der Waals surface area contributed by atoms with E-state index < -0.39 is 10.0 Å². The molecule has 3 rings (SSSR count). The minimum Gasteiger partial charge on any atom is -0.465 e. The van der Waals surface area contributed by atoms with E-state index in [9.17, 15) is 13.2 Å². The Kier molecular flexibility index (Phi) is 4.82. The molecule has 0 N–H and O–H groups in total. The number of hydrogen-bond donors (Lipinski definition) is 0. The number of carbonyl (C=O) groups excluding carboxylic acids is 1. The average molecular weight is 376 g/mol. The maximum Gasteiger partial charge on any atom is 0.284 e. The number of amidine groups is 1. The quantitative estimate of drug-likeness (QED) is 0.765. The van der Waals surface area contributed by atoms with Gasteiger partial charge in [-0.2, -0.15) is 8.42 Å². The molecular weight excluding hydrogens is 360 g/mol. The summed E-state index contributed by atoms with van der Waals surface area (Å²) in [5.74, 6) is 0.233. The minimum absolute atomic E-state index is 0.0955. The summed E-state index contributed by atoms with van der Waals surface area (Å²) >= 11 is 1.02. The molecule has 0 spiro atoms. The van der Waals surface area contributed by atoms with E-state index in [1.807, 2.05) is 6.92 Å². The topological polar surface area (TPSA) is 80.0 Å². The fourth-order valence-corrected chi connectivity index (χ4v) is 4.45. The first-order chi connectivity index (χ1) is 11.9. The number of benzene rings is 1. The summed E-state index contributed by atoms with van der Waals surface area (Å²) in [7, 11) is -3.89. The first-order valence-electron chi connectivity index (χ1n) is 7.57. The van der Waals surface area contributed by atoms with E-state index in [0.717, 1.165) is 17.3 Å². The molecule has 1 fully saturated rings. The van der Waals surface area contributed by atoms with Crippen molar-refractivity contribution in [1.82, 2.24) is 4.90 Å². The lowest BCUT2D eigenvalue weighted by atomic mass is 10.2. The van der Waals surface area contributed by atoms with Crippen LogP contribution in [0.3, 0.4) is 0 Å². The van der Waals surface area contributed by atoms with Gasteiger partial charge in [0.2, 0.25) is 0 Å². The molecule has 2 heterocycles. The van der Waals surface area contributed by atoms with Crippen molar-refractivity contribution in [1.29, 1.82) is 0 Å². The standard InChI is InChI=1S/C17H16N2O4S2/c1-3-19-16(20)15(11-13-5-4-10-23-13)24-17(19)18-25(21,22)14-8-6-12(2)7-9-14/h4-11H,3H2,1-2H3/b15-11-,18-17+. The molecule has 1 saturated heterocycles. The van der Waals surface area contributed by atoms with Crippen LogP contribution in [-0.2, 0) is 14.8 Å². The molecule has 1 aliphatic rings. The van der Waals surface area contributed by atoms with Crippen LogP contribution in [0.25, 0.3) is 6.08 Å². The fourth-order valence-electron chi connectivity index (χ4n) is 2.22. The number of carbonyl (C=O) groups is 1. The lowest BCUT2D eigenvalue weighted by Crippen LogP contribution is -2.29. The zero-order valence-corrected chi connectivity index (χ0v) is 15.3. The van der Waals surface area contributed by atoms with E-state index in [1.54, 1.807) is 37.3 Å². The number of amides is 1. The predicted molar refractivity (Wildman–Crippen MR) is 97.5 cm³/mol. The van der Waals surface area contributed by atoms with Gasteiger partial charge in [-0.05, 0) is 49.9 Å². The zero-order chi connectivity index (χ0) is 18.0. The Bertz CT molecular complexity index is 943. The monoisotopic (exact) mass is 376 g/mol. The second-order valence-electron chi connectivity index (χ2n) is 5.34. The first kappa shape index (κ1) is 17.5. The summed E-state index contributed by atoms with van der Waals surface area (Å²) < 4.78 is 34.1. The Balaban J connectivity index is 1.96. The van der Waals surface area contributed by atoms with Gasteiger partial charge in [-0.3, -0.25) is 9.69 Å². The smallest absolute Gasteiger partial charge is 0.284 e. The highest BCUT2D eigenvalue weighted by Crippen LogP contribution is 2.33. The zero-order valence-electron chi connectivity index (χ0n) is 13.7. The van der Waals surface area contributed by atoms with E-state index in [2.05, 4.69) is 4.40 Å². The Morgan fingerprint density at radius 3 is 2.56 bits per heavy atom. The van der Waals surface area contributed by atoms with Crippen molar-refractivity contribution in [2.45, 2.75) is 18.7 Å². The number of hydrogen-bond acceptors (Lipinski definition) is 5. The minimum atomic E-state index is -3.89. The van der Waals surface area contributed by atoms with Crippen molar-refractivity contribution in [2.75, 3.05) is 6.54 Å². The van der Waals surface area contributed by atoms with Crippen molar-refractivity contribution in [3.8, 4) is 0 Å². The predicted octanol–water partition coefficient (Wildman–Crippen LogP) is 3.27. The number of nitrogens with zero attached hydrogens (tertiary/aromatic N) is 2. The van der Waals surface area contributed by atoms with Crippen LogP contribution >= 0.6 is 11.8 Å². The number of aryl methyl sites for hydroxylation is 1. The van der Waals surface area contributed by atoms with Gasteiger partial charge in [0.05, 0.1) is 16.1 Å². The van der Waals surface area contributed by atoms with Crippen LogP contribution < -0.4 is 0 Å². The number of rotatable bonds is 4. The van der Waals surface area contributed by atoms with Gasteiger partial charge in [0.25, 0.3) is 15.9 Å². The SMILES string of the molecule is CCN1C(=O)/C(=C/c2ccco2)S/C1=N/S(=O)(=O)c1ccc(C)cc1. The summed E-state index contributed by atoms with van der Waals surface area (Å²) in [6.45, 7) is 3.96. The summed E-state index contributed by atoms with van der Waals surface area (Å²) in [6, 6.07) is 9.86. The molecule has 1 amide bonds. The second-order valence-corrected chi connectivity index (χ2v) is 7.95. The molecule has 0 bridgehead atoms. The van der Waals surface area contributed by atoms with Gasteiger partial charge in [-0.25, -0.2) is 0 Å². The van der Waals surface area contributed by atoms with Crippen LogP contribution in [0.15, 0.2) is 61.3 Å². The largest absolute Gasteiger partial charge is 0.465 e. The summed E-state index contributed by atoms with van der Waals surface area (Å²) in [4.78, 5) is 14.3. The number of furan rings is 1. The van der Waals surface area contributed by atoms with E-state index >= 15 is 0 Å². The summed E-state index contributed by atoms with van der Waals surface area (Å²) in [5.41, 5.74) is 0.955. The third kappa shape index (κ3) is 3.69. The Hall–Kier alpha value is -2.32. The Morgan fingerprint density at radius 2 is 1.96 bits per heavy atom. The normalized spacial score (nSPS) is 18.5. The molecule has 6 nitrogen and oxygen atoms in total. The van der Waals surface area contributed by atoms with Gasteiger partial charge in [-0.15, -0.1) is 4.40 Å². The number of thioether (sulfide) groups is 1. The van der Waals surface area contributed by atoms with Gasteiger partial charge >= 0.3 is 0 Å². The summed E-state index contributed by atoms with van der Waals surface area (Å²) in [5, 5.41) is 0.144. The highest BCUT2D eigenvalue weighted by atomic mass is 32.2. The average Bonchev–Trinajstić information content (AvgIpc) is 3.17. The van der Waals surface area contributed by atoms with Crippen molar-refractivity contribution in [2.24, 2.45) is 4.40 Å². The van der Waals surface area contributed by atoms with Crippen molar-refractivity contribution in [3.05, 3.63) is 58.9 Å². The number of likely N-dealkylation sites (N-methyl/N-ethyl adjacent to an activating group) is 1. The van der Waals surface area contributed by atoms with Gasteiger partial charge in [0.15, 0.2) is 5.17 Å². The van der Waals surface area contributed by atoms with Crippen LogP contribution in [0.1, 0.15) is 18.2 Å². The van der Waals surface area contributed by atoms with Crippen molar-refractivity contribution in [3.63, 3.8) is 0 Å². The second kappa shape index (κ2) is 6.89. The number of sulfonamides is 1. The van der Waals surface area contributed by atoms with E-state index in [4.69, 9.17) is 4.42 Å². The third-order valence-electron chi connectivity index (χ3n) is 3.54. The fraction of sp³-hybridized carbons (Fsp3) is 0.176. The van der Waals surface area contributed by atoms with Crippen LogP contribution in [0.2, 0.25) is 0 Å². The van der Waals surface area contributed by atoms with Crippen LogP contribution in [0.5, 0.6) is 0 Å². The Morgan fingerprint density at radius 1 is 1.24 bits per heavy atom. The first-order valence-corrected chi connectivity index (χ1v) is 9.83. The van der Waals surface area contributed by atoms with Crippen LogP contribution in [0, 0.1) is 6.92 Å². The van der Waals surface area contributed by atoms with Gasteiger partial charge in [0, 0.05) is 12.6 Å². The molecule has 1 aromatic heterocycles. The molecule has 0 saturated carbocycles. The van der Waals surface area contributed by atoms with Gasteiger partial charge in [-0.1, -0.05) is 17.7 Å². The van der Waals surface area contributed by atoms with Gasteiger partial charge < -0.3 is 4.42 Å². The Labute approximate surface area is 150 Å². The van der Waals surface area contributed by atoms with E-state index in [0.29, 0.717) is 17.2 Å². The van der Waals surface area contributed by atoms with Crippen molar-refractivity contribution < 1.29 is 17.6 Å². The molecule has 0 unspecified atom stereocenters. The molecule has 2 aromatic rings. The maximum absolute atomic E-state index is 12.5. The molecule has 8 heteroatoms. The summed E-state index contributed by atoms with van der Waals surface area (Å²) in [6.07, 6.45) is 3.08. The molecule has 25 heavy (non-hydrogen) atoms. The third-order valence-corrected chi connectivity index (χ3v) is 5.94. The highest BCUT2D eigenvalue weighted by Gasteiger charge is 2.34. The van der Waals surface area contributed by atoms with Crippen LogP contribution in [-0.4, -0.2) is 30.9 Å². The molecule has 0 aliphatic carbocycles. The lowest BCUT2D eigenvalue weighted by molar-refractivity contribution is -0.122. The molecule has 0 radical (unpaired) electrons. The lowest BCUT2D eigenvalue weighted by Gasteiger charge is -2.11. The molecule has 1 aromatic carbocycles. The van der Waals surface area contributed by atoms with E-state index in [1.165, 1.54) is 23.3 Å². The van der Waals surface area contributed by atoms with Gasteiger partial charge in [0.1, 0.15) is 5.76 Å². The molecule has 130 valence electrons. The van der Waals surface area contributed by atoms with Crippen LogP contribution in [0.4, 0.5) is 0 Å². The highest BCUT2D eigenvalue weighted by molar-refractivity contribution is 8.19. The molecule has 0 atom stereocenters.